The van der Waals surface area contributed by atoms with Gasteiger partial charge in [-0.2, -0.15) is 0 Å². The molecular formula is C20H17Cl2FN4O2. The van der Waals surface area contributed by atoms with E-state index in [0.717, 1.165) is 0 Å². The largest absolute Gasteiger partial charge is 0.454 e. The molecule has 0 saturated carbocycles. The van der Waals surface area contributed by atoms with Crippen molar-refractivity contribution in [1.29, 1.82) is 0 Å². The van der Waals surface area contributed by atoms with Crippen LogP contribution in [0.4, 0.5) is 10.1 Å². The van der Waals surface area contributed by atoms with Crippen LogP contribution in [0.5, 0.6) is 11.5 Å². The van der Waals surface area contributed by atoms with Gasteiger partial charge in [-0.1, -0.05) is 48.0 Å². The van der Waals surface area contributed by atoms with E-state index in [1.165, 1.54) is 24.3 Å². The van der Waals surface area contributed by atoms with Gasteiger partial charge < -0.3 is 20.8 Å². The molecule has 0 unspecified atom stereocenters. The highest BCUT2D eigenvalue weighted by Crippen LogP contribution is 2.33. The predicted molar refractivity (Wildman–Crippen MR) is 112 cm³/mol. The Kier molecular flexibility index (Phi) is 6.10. The molecule has 3 aromatic rings. The number of anilines is 1. The number of hydrogen-bond acceptors (Lipinski definition) is 4. The van der Waals surface area contributed by atoms with Gasteiger partial charge in [0.15, 0.2) is 16.7 Å². The number of aromatic nitrogens is 2. The first-order chi connectivity index (χ1) is 13.8. The van der Waals surface area contributed by atoms with E-state index in [2.05, 4.69) is 21.9 Å². The second-order valence-corrected chi connectivity index (χ2v) is 6.95. The van der Waals surface area contributed by atoms with Crippen molar-refractivity contribution >= 4 is 40.9 Å². The molecule has 0 fully saturated rings. The van der Waals surface area contributed by atoms with Gasteiger partial charge in [0.25, 0.3) is 5.91 Å². The summed E-state index contributed by atoms with van der Waals surface area (Å²) in [5, 5.41) is 3.00. The van der Waals surface area contributed by atoms with Gasteiger partial charge in [0.1, 0.15) is 17.3 Å². The normalized spacial score (nSPS) is 10.6. The zero-order valence-electron chi connectivity index (χ0n) is 15.4. The summed E-state index contributed by atoms with van der Waals surface area (Å²) in [5.74, 6) is -0.430. The molecule has 2 aromatic carbocycles. The number of carbonyl (C=O) groups is 1. The Balaban J connectivity index is 1.85. The smallest absolute Gasteiger partial charge is 0.271 e. The lowest BCUT2D eigenvalue weighted by molar-refractivity contribution is 0.0946. The Hall–Kier alpha value is -3.03. The molecule has 0 aliphatic carbocycles. The minimum Gasteiger partial charge on any atom is -0.454 e. The summed E-state index contributed by atoms with van der Waals surface area (Å²) < 4.78 is 20.8. The lowest BCUT2D eigenvalue weighted by Crippen LogP contribution is -2.24. The third kappa shape index (κ3) is 4.70. The zero-order valence-corrected chi connectivity index (χ0v) is 16.9. The molecule has 0 atom stereocenters. The molecule has 1 aromatic heterocycles. The Labute approximate surface area is 176 Å². The molecule has 0 aliphatic rings. The highest BCUT2D eigenvalue weighted by Gasteiger charge is 2.18. The van der Waals surface area contributed by atoms with E-state index in [1.807, 2.05) is 0 Å². The van der Waals surface area contributed by atoms with E-state index in [-0.39, 0.29) is 34.5 Å². The number of nitrogens with zero attached hydrogens (tertiary/aromatic N) is 1. The number of rotatable bonds is 6. The molecule has 0 aliphatic heterocycles. The van der Waals surface area contributed by atoms with Crippen LogP contribution in [-0.2, 0) is 6.54 Å². The number of H-pyrrole nitrogens is 1. The quantitative estimate of drug-likeness (QED) is 0.469. The average Bonchev–Trinajstić information content (AvgIpc) is 2.99. The standard InChI is InChI=1S/C20H17Cl2FN4O2/c1-3-11-4-5-12(9-25-20(28)17-19(22)27-10(2)26-17)16(23)18(11)29-15-7-13(21)6-14(24)8-15/h3-8H,1,9,24H2,2H3,(H,25,28)(H,26,27). The number of nitrogen functional groups attached to an aromatic ring is 1. The molecule has 0 radical (unpaired) electrons. The number of nitrogens with one attached hydrogen (secondary N) is 2. The Morgan fingerprint density at radius 3 is 2.76 bits per heavy atom. The number of aromatic amines is 1. The topological polar surface area (TPSA) is 93.0 Å². The minimum atomic E-state index is -0.645. The van der Waals surface area contributed by atoms with Crippen molar-refractivity contribution in [3.63, 3.8) is 0 Å². The summed E-state index contributed by atoms with van der Waals surface area (Å²) in [6.07, 6.45) is 1.46. The maximum Gasteiger partial charge on any atom is 0.271 e. The number of benzene rings is 2. The van der Waals surface area contributed by atoms with Crippen LogP contribution in [0.15, 0.2) is 36.9 Å². The van der Waals surface area contributed by atoms with E-state index in [0.29, 0.717) is 22.1 Å². The molecule has 6 nitrogen and oxygen atoms in total. The van der Waals surface area contributed by atoms with Gasteiger partial charge in [-0.25, -0.2) is 9.37 Å². The highest BCUT2D eigenvalue weighted by atomic mass is 35.5. The van der Waals surface area contributed by atoms with Crippen molar-refractivity contribution in [1.82, 2.24) is 15.3 Å². The zero-order chi connectivity index (χ0) is 21.1. The van der Waals surface area contributed by atoms with E-state index < -0.39 is 11.7 Å². The van der Waals surface area contributed by atoms with Crippen molar-refractivity contribution in [3.05, 3.63) is 75.5 Å². The fraction of sp³-hybridized carbons (Fsp3) is 0.100. The second kappa shape index (κ2) is 8.55. The summed E-state index contributed by atoms with van der Waals surface area (Å²) in [7, 11) is 0. The van der Waals surface area contributed by atoms with Crippen molar-refractivity contribution in [2.24, 2.45) is 0 Å². The van der Waals surface area contributed by atoms with Gasteiger partial charge in [0, 0.05) is 34.4 Å². The summed E-state index contributed by atoms with van der Waals surface area (Å²) in [6, 6.07) is 7.75. The first-order valence-corrected chi connectivity index (χ1v) is 9.22. The van der Waals surface area contributed by atoms with Crippen LogP contribution >= 0.6 is 23.2 Å². The third-order valence-electron chi connectivity index (χ3n) is 3.99. The summed E-state index contributed by atoms with van der Waals surface area (Å²) >= 11 is 11.9. The predicted octanol–water partition coefficient (Wildman–Crippen LogP) is 5.11. The number of imidazole rings is 1. The lowest BCUT2D eigenvalue weighted by atomic mass is 10.1. The fourth-order valence-corrected chi connectivity index (χ4v) is 3.15. The number of aryl methyl sites for hydroxylation is 1. The first-order valence-electron chi connectivity index (χ1n) is 8.46. The van der Waals surface area contributed by atoms with Gasteiger partial charge >= 0.3 is 0 Å². The SMILES string of the molecule is C=Cc1ccc(CNC(=O)c2[nH]c(C)nc2Cl)c(F)c1Oc1cc(N)cc(Cl)c1. The number of nitrogens with two attached hydrogens (primary N) is 1. The molecule has 0 spiro atoms. The van der Waals surface area contributed by atoms with Gasteiger partial charge in [0.05, 0.1) is 0 Å². The Morgan fingerprint density at radius 2 is 2.14 bits per heavy atom. The van der Waals surface area contributed by atoms with E-state index in [4.69, 9.17) is 33.7 Å². The number of halogens is 3. The van der Waals surface area contributed by atoms with Crippen molar-refractivity contribution in [2.45, 2.75) is 13.5 Å². The van der Waals surface area contributed by atoms with E-state index in [1.54, 1.807) is 19.1 Å². The lowest BCUT2D eigenvalue weighted by Gasteiger charge is -2.14. The van der Waals surface area contributed by atoms with Crippen LogP contribution < -0.4 is 15.8 Å². The molecule has 0 bridgehead atoms. The Bertz CT molecular complexity index is 1080. The first kappa shape index (κ1) is 20.7. The fourth-order valence-electron chi connectivity index (χ4n) is 2.65. The number of ether oxygens (including phenoxy) is 1. The van der Waals surface area contributed by atoms with Gasteiger partial charge in [-0.15, -0.1) is 0 Å². The molecule has 4 N–H and O–H groups in total. The molecular weight excluding hydrogens is 418 g/mol. The van der Waals surface area contributed by atoms with Crippen LogP contribution in [0, 0.1) is 12.7 Å². The minimum absolute atomic E-state index is 0.0463. The van der Waals surface area contributed by atoms with Gasteiger partial charge in [-0.3, -0.25) is 4.79 Å². The number of amides is 1. The van der Waals surface area contributed by atoms with E-state index >= 15 is 4.39 Å². The number of hydrogen-bond donors (Lipinski definition) is 3. The maximum absolute atomic E-state index is 15.1. The second-order valence-electron chi connectivity index (χ2n) is 6.15. The molecule has 150 valence electrons. The van der Waals surface area contributed by atoms with Crippen LogP contribution in [0.2, 0.25) is 10.2 Å². The Morgan fingerprint density at radius 1 is 1.38 bits per heavy atom. The number of carbonyl (C=O) groups excluding carboxylic acids is 1. The van der Waals surface area contributed by atoms with Crippen LogP contribution in [0.3, 0.4) is 0 Å². The molecule has 3 rings (SSSR count). The van der Waals surface area contributed by atoms with Gasteiger partial charge in [-0.05, 0) is 19.1 Å². The van der Waals surface area contributed by atoms with Crippen LogP contribution in [0.25, 0.3) is 6.08 Å². The van der Waals surface area contributed by atoms with Gasteiger partial charge in [0.2, 0.25) is 0 Å². The molecule has 1 heterocycles. The van der Waals surface area contributed by atoms with Crippen molar-refractivity contribution < 1.29 is 13.9 Å². The summed E-state index contributed by atoms with van der Waals surface area (Å²) in [4.78, 5) is 19.0. The van der Waals surface area contributed by atoms with Crippen LogP contribution in [0.1, 0.15) is 27.4 Å². The molecule has 1 amide bonds. The molecule has 9 heteroatoms. The van der Waals surface area contributed by atoms with Crippen molar-refractivity contribution in [3.8, 4) is 11.5 Å². The summed E-state index contributed by atoms with van der Waals surface area (Å²) in [6.45, 7) is 5.25. The monoisotopic (exact) mass is 434 g/mol. The maximum atomic E-state index is 15.1. The average molecular weight is 435 g/mol. The highest BCUT2D eigenvalue weighted by molar-refractivity contribution is 6.32. The molecule has 29 heavy (non-hydrogen) atoms. The van der Waals surface area contributed by atoms with Crippen molar-refractivity contribution in [2.75, 3.05) is 5.73 Å². The van der Waals surface area contributed by atoms with Crippen LogP contribution in [-0.4, -0.2) is 15.9 Å². The summed E-state index contributed by atoms with van der Waals surface area (Å²) in [5.41, 5.74) is 6.89. The molecule has 0 saturated heterocycles. The third-order valence-corrected chi connectivity index (χ3v) is 4.48. The van der Waals surface area contributed by atoms with E-state index in [9.17, 15) is 4.79 Å².